The van der Waals surface area contributed by atoms with E-state index in [0.29, 0.717) is 5.75 Å². The molecule has 1 aliphatic rings. The highest BCUT2D eigenvalue weighted by Crippen LogP contribution is 2.11. The molecule has 1 heterocycles. The first kappa shape index (κ1) is 10.7. The second-order valence-corrected chi connectivity index (χ2v) is 5.12. The number of esters is 1. The summed E-state index contributed by atoms with van der Waals surface area (Å²) in [5.41, 5.74) is 0. The van der Waals surface area contributed by atoms with Crippen LogP contribution in [0.5, 0.6) is 0 Å². The van der Waals surface area contributed by atoms with Gasteiger partial charge in [0.05, 0.1) is 7.11 Å². The highest BCUT2D eigenvalue weighted by atomic mass is 32.2. The summed E-state index contributed by atoms with van der Waals surface area (Å²) in [6.07, 6.45) is 0. The van der Waals surface area contributed by atoms with Gasteiger partial charge in [-0.1, -0.05) is 0 Å². The van der Waals surface area contributed by atoms with Gasteiger partial charge in [-0.2, -0.15) is 0 Å². The molecular weight excluding hydrogens is 190 g/mol. The van der Waals surface area contributed by atoms with Crippen molar-refractivity contribution in [2.75, 3.05) is 12.9 Å². The molecule has 0 aromatic rings. The second kappa shape index (κ2) is 4.19. The van der Waals surface area contributed by atoms with Crippen LogP contribution in [-0.4, -0.2) is 40.4 Å². The number of carbonyl (C=O) groups is 1. The van der Waals surface area contributed by atoms with Crippen LogP contribution in [0.25, 0.3) is 0 Å². The summed E-state index contributed by atoms with van der Waals surface area (Å²) in [7, 11) is 0.412. The van der Waals surface area contributed by atoms with E-state index in [-0.39, 0.29) is 17.3 Å². The number of nitrogens with one attached hydrogen (secondary N) is 1. The van der Waals surface area contributed by atoms with Crippen LogP contribution in [0.15, 0.2) is 0 Å². The zero-order valence-corrected chi connectivity index (χ0v) is 8.89. The minimum Gasteiger partial charge on any atom is -0.468 e. The minimum atomic E-state index is -0.931. The second-order valence-electron chi connectivity index (χ2n) is 3.28. The van der Waals surface area contributed by atoms with Gasteiger partial charge in [0.1, 0.15) is 6.04 Å². The maximum Gasteiger partial charge on any atom is 0.323 e. The number of hydrogen-bond acceptors (Lipinski definition) is 4. The van der Waals surface area contributed by atoms with Crippen molar-refractivity contribution in [1.29, 1.82) is 0 Å². The Labute approximate surface area is 80.5 Å². The van der Waals surface area contributed by atoms with Crippen molar-refractivity contribution in [2.24, 2.45) is 0 Å². The third-order valence-electron chi connectivity index (χ3n) is 2.40. The molecule has 1 fully saturated rings. The van der Waals surface area contributed by atoms with E-state index in [4.69, 9.17) is 0 Å². The quantitative estimate of drug-likeness (QED) is 0.595. The SMILES string of the molecule is COC(=O)[C@@H]1CS(=O)C(C)C(C)N1. The van der Waals surface area contributed by atoms with E-state index in [1.807, 2.05) is 13.8 Å². The Balaban J connectivity index is 2.63. The van der Waals surface area contributed by atoms with Crippen molar-refractivity contribution in [1.82, 2.24) is 5.32 Å². The maximum atomic E-state index is 11.5. The number of carbonyl (C=O) groups excluding carboxylic acids is 1. The van der Waals surface area contributed by atoms with Crippen LogP contribution >= 0.6 is 0 Å². The average molecular weight is 205 g/mol. The predicted molar refractivity (Wildman–Crippen MR) is 50.9 cm³/mol. The molecule has 4 atom stereocenters. The van der Waals surface area contributed by atoms with E-state index in [1.165, 1.54) is 7.11 Å². The van der Waals surface area contributed by atoms with Gasteiger partial charge >= 0.3 is 5.97 Å². The third kappa shape index (κ3) is 2.28. The number of hydrogen-bond donors (Lipinski definition) is 1. The molecule has 0 aliphatic carbocycles. The molecule has 1 N–H and O–H groups in total. The Morgan fingerprint density at radius 3 is 2.62 bits per heavy atom. The normalized spacial score (nSPS) is 39.9. The maximum absolute atomic E-state index is 11.5. The molecule has 13 heavy (non-hydrogen) atoms. The molecule has 1 saturated heterocycles. The first-order valence-corrected chi connectivity index (χ1v) is 5.65. The Morgan fingerprint density at radius 2 is 2.15 bits per heavy atom. The van der Waals surface area contributed by atoms with Gasteiger partial charge in [-0.3, -0.25) is 14.3 Å². The number of rotatable bonds is 1. The van der Waals surface area contributed by atoms with Gasteiger partial charge in [0, 0.05) is 27.8 Å². The molecule has 1 aliphatic heterocycles. The Kier molecular flexibility index (Phi) is 3.44. The highest BCUT2D eigenvalue weighted by molar-refractivity contribution is 7.85. The highest BCUT2D eigenvalue weighted by Gasteiger charge is 2.33. The summed E-state index contributed by atoms with van der Waals surface area (Å²) < 4.78 is 16.1. The van der Waals surface area contributed by atoms with Crippen molar-refractivity contribution < 1.29 is 13.7 Å². The molecule has 3 unspecified atom stereocenters. The van der Waals surface area contributed by atoms with Crippen LogP contribution in [-0.2, 0) is 20.3 Å². The molecule has 0 aromatic heterocycles. The summed E-state index contributed by atoms with van der Waals surface area (Å²) in [6, 6.07) is -0.310. The lowest BCUT2D eigenvalue weighted by Gasteiger charge is -2.31. The zero-order valence-electron chi connectivity index (χ0n) is 8.07. The minimum absolute atomic E-state index is 0.0960. The van der Waals surface area contributed by atoms with Crippen molar-refractivity contribution in [3.05, 3.63) is 0 Å². The lowest BCUT2D eigenvalue weighted by molar-refractivity contribution is -0.142. The molecule has 5 heteroatoms. The first-order chi connectivity index (χ1) is 6.06. The van der Waals surface area contributed by atoms with Gasteiger partial charge < -0.3 is 4.74 Å². The van der Waals surface area contributed by atoms with E-state index in [9.17, 15) is 9.00 Å². The molecule has 0 radical (unpaired) electrons. The molecule has 0 saturated carbocycles. The predicted octanol–water partition coefficient (Wildman–Crippen LogP) is -0.343. The largest absolute Gasteiger partial charge is 0.468 e. The smallest absolute Gasteiger partial charge is 0.323 e. The van der Waals surface area contributed by atoms with Gasteiger partial charge in [0.2, 0.25) is 0 Å². The van der Waals surface area contributed by atoms with E-state index in [0.717, 1.165) is 0 Å². The molecule has 76 valence electrons. The van der Waals surface area contributed by atoms with Crippen molar-refractivity contribution in [3.63, 3.8) is 0 Å². The van der Waals surface area contributed by atoms with Gasteiger partial charge in [-0.15, -0.1) is 0 Å². The molecule has 0 spiro atoms. The fourth-order valence-corrected chi connectivity index (χ4v) is 2.72. The summed E-state index contributed by atoms with van der Waals surface area (Å²) >= 11 is 0. The summed E-state index contributed by atoms with van der Waals surface area (Å²) in [6.45, 7) is 3.85. The third-order valence-corrected chi connectivity index (χ3v) is 4.30. The Hall–Kier alpha value is -0.420. The molecule has 0 amide bonds. The number of ether oxygens (including phenoxy) is 1. The number of methoxy groups -OCH3 is 1. The van der Waals surface area contributed by atoms with Crippen molar-refractivity contribution in [2.45, 2.75) is 31.2 Å². The van der Waals surface area contributed by atoms with E-state index in [2.05, 4.69) is 10.1 Å². The van der Waals surface area contributed by atoms with Crippen LogP contribution in [0.4, 0.5) is 0 Å². The lowest BCUT2D eigenvalue weighted by atomic mass is 10.2. The summed E-state index contributed by atoms with van der Waals surface area (Å²) in [5.74, 6) is 0.0325. The monoisotopic (exact) mass is 205 g/mol. The Morgan fingerprint density at radius 1 is 1.54 bits per heavy atom. The standard InChI is InChI=1S/C8H15NO3S/c1-5-6(2)13(11)4-7(9-5)8(10)12-3/h5-7,9H,4H2,1-3H3/t5?,6?,7-,13?/m0/s1. The molecule has 4 nitrogen and oxygen atoms in total. The van der Waals surface area contributed by atoms with Crippen molar-refractivity contribution >= 4 is 16.8 Å². The van der Waals surface area contributed by atoms with Crippen LogP contribution < -0.4 is 5.32 Å². The van der Waals surface area contributed by atoms with Crippen LogP contribution in [0.3, 0.4) is 0 Å². The zero-order chi connectivity index (χ0) is 10.0. The average Bonchev–Trinajstić information content (AvgIpc) is 2.12. The van der Waals surface area contributed by atoms with E-state index >= 15 is 0 Å². The van der Waals surface area contributed by atoms with Gasteiger partial charge in [-0.05, 0) is 13.8 Å². The van der Waals surface area contributed by atoms with Crippen LogP contribution in [0.1, 0.15) is 13.8 Å². The van der Waals surface area contributed by atoms with Gasteiger partial charge in [0.25, 0.3) is 0 Å². The van der Waals surface area contributed by atoms with E-state index < -0.39 is 16.8 Å². The topological polar surface area (TPSA) is 55.4 Å². The Bertz CT molecular complexity index is 231. The van der Waals surface area contributed by atoms with Gasteiger partial charge in [-0.25, -0.2) is 0 Å². The van der Waals surface area contributed by atoms with Gasteiger partial charge in [0.15, 0.2) is 0 Å². The first-order valence-electron chi connectivity index (χ1n) is 4.27. The molecule has 0 aromatic carbocycles. The van der Waals surface area contributed by atoms with Crippen molar-refractivity contribution in [3.8, 4) is 0 Å². The van der Waals surface area contributed by atoms with Crippen LogP contribution in [0.2, 0.25) is 0 Å². The molecule has 0 bridgehead atoms. The fraction of sp³-hybridized carbons (Fsp3) is 0.875. The summed E-state index contributed by atoms with van der Waals surface area (Å²) in [5, 5.41) is 3.18. The van der Waals surface area contributed by atoms with E-state index in [1.54, 1.807) is 0 Å². The molecular formula is C8H15NO3S. The molecule has 1 rings (SSSR count). The lowest BCUT2D eigenvalue weighted by Crippen LogP contribution is -2.56. The fourth-order valence-electron chi connectivity index (χ4n) is 1.32. The summed E-state index contributed by atoms with van der Waals surface area (Å²) in [4.78, 5) is 11.1. The van der Waals surface area contributed by atoms with Crippen LogP contribution in [0, 0.1) is 0 Å².